The fourth-order valence-corrected chi connectivity index (χ4v) is 2.90. The number of hydrogen-bond acceptors (Lipinski definition) is 3. The Labute approximate surface area is 170 Å². The Morgan fingerprint density at radius 2 is 1.38 bits per heavy atom. The van der Waals surface area contributed by atoms with Gasteiger partial charge in [-0.3, -0.25) is 9.59 Å². The van der Waals surface area contributed by atoms with Crippen molar-refractivity contribution in [2.24, 2.45) is 0 Å². The van der Waals surface area contributed by atoms with Crippen LogP contribution in [0, 0.1) is 0 Å². The molecule has 0 saturated heterocycles. The van der Waals surface area contributed by atoms with E-state index in [1.807, 2.05) is 78.9 Å². The molecule has 3 aromatic rings. The Kier molecular flexibility index (Phi) is 7.41. The highest BCUT2D eigenvalue weighted by molar-refractivity contribution is 5.94. The van der Waals surface area contributed by atoms with Crippen LogP contribution in [0.15, 0.2) is 91.0 Å². The van der Waals surface area contributed by atoms with Gasteiger partial charge < -0.3 is 15.4 Å². The summed E-state index contributed by atoms with van der Waals surface area (Å²) < 4.78 is 5.58. The van der Waals surface area contributed by atoms with Crippen LogP contribution in [0.3, 0.4) is 0 Å². The van der Waals surface area contributed by atoms with Gasteiger partial charge in [0, 0.05) is 5.56 Å². The molecule has 0 radical (unpaired) electrons. The Morgan fingerprint density at radius 1 is 0.793 bits per heavy atom. The highest BCUT2D eigenvalue weighted by atomic mass is 16.5. The topological polar surface area (TPSA) is 67.4 Å². The van der Waals surface area contributed by atoms with Gasteiger partial charge in [-0.2, -0.15) is 0 Å². The second kappa shape index (κ2) is 10.7. The lowest BCUT2D eigenvalue weighted by Gasteiger charge is -2.19. The average Bonchev–Trinajstić information content (AvgIpc) is 2.78. The largest absolute Gasteiger partial charge is 0.492 e. The molecule has 5 nitrogen and oxygen atoms in total. The second-order valence-corrected chi connectivity index (χ2v) is 6.52. The first-order valence-electron chi connectivity index (χ1n) is 9.58. The fourth-order valence-electron chi connectivity index (χ4n) is 2.90. The zero-order valence-electron chi connectivity index (χ0n) is 16.1. The van der Waals surface area contributed by atoms with Gasteiger partial charge in [0.2, 0.25) is 5.91 Å². The Balaban J connectivity index is 1.55. The van der Waals surface area contributed by atoms with Crippen molar-refractivity contribution in [2.45, 2.75) is 12.5 Å². The maximum atomic E-state index is 12.6. The molecule has 0 heterocycles. The standard InChI is InChI=1S/C24H24N2O3/c27-23(25-16-17-29-21-14-8-3-9-15-21)18-22(19-10-4-1-5-11-19)26-24(28)20-12-6-2-7-13-20/h1-15,22H,16-18H2,(H,25,27)(H,26,28)/t22-/m0/s1. The molecule has 0 fully saturated rings. The number of nitrogens with one attached hydrogen (secondary N) is 2. The summed E-state index contributed by atoms with van der Waals surface area (Å²) in [5, 5.41) is 5.82. The number of ether oxygens (including phenoxy) is 1. The van der Waals surface area contributed by atoms with Crippen LogP contribution in [0.2, 0.25) is 0 Å². The van der Waals surface area contributed by atoms with E-state index in [-0.39, 0.29) is 18.2 Å². The zero-order chi connectivity index (χ0) is 20.3. The molecular formula is C24H24N2O3. The molecular weight excluding hydrogens is 364 g/mol. The summed E-state index contributed by atoms with van der Waals surface area (Å²) in [6.45, 7) is 0.768. The lowest BCUT2D eigenvalue weighted by atomic mass is 10.0. The molecule has 0 aliphatic carbocycles. The molecule has 0 aliphatic rings. The third kappa shape index (κ3) is 6.50. The average molecular weight is 388 g/mol. The van der Waals surface area contributed by atoms with Crippen LogP contribution in [-0.2, 0) is 4.79 Å². The molecule has 3 aromatic carbocycles. The SMILES string of the molecule is O=C(C[C@H](NC(=O)c1ccccc1)c1ccccc1)NCCOc1ccccc1. The maximum absolute atomic E-state index is 12.6. The van der Waals surface area contributed by atoms with Crippen LogP contribution in [-0.4, -0.2) is 25.0 Å². The molecule has 1 atom stereocenters. The van der Waals surface area contributed by atoms with Crippen molar-refractivity contribution in [3.8, 4) is 5.75 Å². The normalized spacial score (nSPS) is 11.3. The first kappa shape index (κ1) is 20.1. The lowest BCUT2D eigenvalue weighted by Crippen LogP contribution is -2.35. The molecule has 2 N–H and O–H groups in total. The zero-order valence-corrected chi connectivity index (χ0v) is 16.1. The van der Waals surface area contributed by atoms with Gasteiger partial charge in [0.05, 0.1) is 19.0 Å². The summed E-state index contributed by atoms with van der Waals surface area (Å²) in [6, 6.07) is 27.5. The molecule has 148 valence electrons. The highest BCUT2D eigenvalue weighted by Gasteiger charge is 2.19. The van der Waals surface area contributed by atoms with E-state index in [9.17, 15) is 9.59 Å². The lowest BCUT2D eigenvalue weighted by molar-refractivity contribution is -0.121. The third-order valence-corrected chi connectivity index (χ3v) is 4.37. The van der Waals surface area contributed by atoms with Crippen LogP contribution in [0.4, 0.5) is 0 Å². The number of carbonyl (C=O) groups excluding carboxylic acids is 2. The fraction of sp³-hybridized carbons (Fsp3) is 0.167. The molecule has 5 heteroatoms. The number of hydrogen-bond donors (Lipinski definition) is 2. The van der Waals surface area contributed by atoms with E-state index in [2.05, 4.69) is 10.6 Å². The summed E-state index contributed by atoms with van der Waals surface area (Å²) in [5.41, 5.74) is 1.44. The van der Waals surface area contributed by atoms with Gasteiger partial charge in [-0.1, -0.05) is 66.7 Å². The Bertz CT molecular complexity index is 899. The summed E-state index contributed by atoms with van der Waals surface area (Å²) in [5.74, 6) is 0.405. The summed E-state index contributed by atoms with van der Waals surface area (Å²) in [4.78, 5) is 25.0. The molecule has 0 aromatic heterocycles. The minimum Gasteiger partial charge on any atom is -0.492 e. The van der Waals surface area contributed by atoms with Gasteiger partial charge >= 0.3 is 0 Å². The monoisotopic (exact) mass is 388 g/mol. The first-order chi connectivity index (χ1) is 14.2. The van der Waals surface area contributed by atoms with Crippen molar-refractivity contribution in [2.75, 3.05) is 13.2 Å². The molecule has 0 unspecified atom stereocenters. The number of para-hydroxylation sites is 1. The smallest absolute Gasteiger partial charge is 0.251 e. The molecule has 0 bridgehead atoms. The van der Waals surface area contributed by atoms with E-state index < -0.39 is 6.04 Å². The number of carbonyl (C=O) groups is 2. The third-order valence-electron chi connectivity index (χ3n) is 4.37. The first-order valence-corrected chi connectivity index (χ1v) is 9.58. The minimum absolute atomic E-state index is 0.147. The molecule has 0 spiro atoms. The van der Waals surface area contributed by atoms with Gasteiger partial charge in [0.15, 0.2) is 0 Å². The van der Waals surface area contributed by atoms with E-state index in [0.29, 0.717) is 18.7 Å². The van der Waals surface area contributed by atoms with Crippen molar-refractivity contribution >= 4 is 11.8 Å². The van der Waals surface area contributed by atoms with Gasteiger partial charge in [-0.25, -0.2) is 0 Å². The second-order valence-electron chi connectivity index (χ2n) is 6.52. The molecule has 29 heavy (non-hydrogen) atoms. The van der Waals surface area contributed by atoms with Crippen LogP contribution in [0.25, 0.3) is 0 Å². The van der Waals surface area contributed by atoms with Crippen molar-refractivity contribution in [3.63, 3.8) is 0 Å². The van der Waals surface area contributed by atoms with Crippen molar-refractivity contribution in [1.82, 2.24) is 10.6 Å². The van der Waals surface area contributed by atoms with Crippen LogP contribution >= 0.6 is 0 Å². The predicted molar refractivity (Wildman–Crippen MR) is 113 cm³/mol. The van der Waals surface area contributed by atoms with Gasteiger partial charge in [-0.05, 0) is 29.8 Å². The summed E-state index contributed by atoms with van der Waals surface area (Å²) >= 11 is 0. The van der Waals surface area contributed by atoms with Gasteiger partial charge in [0.1, 0.15) is 12.4 Å². The maximum Gasteiger partial charge on any atom is 0.251 e. The van der Waals surface area contributed by atoms with Crippen LogP contribution in [0.1, 0.15) is 28.4 Å². The Morgan fingerprint density at radius 3 is 2.03 bits per heavy atom. The summed E-state index contributed by atoms with van der Waals surface area (Å²) in [7, 11) is 0. The van der Waals surface area contributed by atoms with Gasteiger partial charge in [0.25, 0.3) is 5.91 Å². The quantitative estimate of drug-likeness (QED) is 0.549. The Hall–Kier alpha value is -3.60. The minimum atomic E-state index is -0.418. The highest BCUT2D eigenvalue weighted by Crippen LogP contribution is 2.17. The van der Waals surface area contributed by atoms with Crippen molar-refractivity contribution < 1.29 is 14.3 Å². The van der Waals surface area contributed by atoms with Crippen LogP contribution < -0.4 is 15.4 Å². The number of rotatable bonds is 9. The molecule has 3 rings (SSSR count). The van der Waals surface area contributed by atoms with Crippen LogP contribution in [0.5, 0.6) is 5.75 Å². The van der Waals surface area contributed by atoms with Crippen molar-refractivity contribution in [3.05, 3.63) is 102 Å². The van der Waals surface area contributed by atoms with E-state index in [1.165, 1.54) is 0 Å². The van der Waals surface area contributed by atoms with Gasteiger partial charge in [-0.15, -0.1) is 0 Å². The van der Waals surface area contributed by atoms with E-state index >= 15 is 0 Å². The number of benzene rings is 3. The van der Waals surface area contributed by atoms with E-state index in [4.69, 9.17) is 4.74 Å². The van der Waals surface area contributed by atoms with E-state index in [1.54, 1.807) is 12.1 Å². The molecule has 0 aliphatic heterocycles. The summed E-state index contributed by atoms with van der Waals surface area (Å²) in [6.07, 6.45) is 0.147. The molecule has 0 saturated carbocycles. The van der Waals surface area contributed by atoms with E-state index in [0.717, 1.165) is 11.3 Å². The predicted octanol–water partition coefficient (Wildman–Crippen LogP) is 3.74. The van der Waals surface area contributed by atoms with Crippen molar-refractivity contribution in [1.29, 1.82) is 0 Å². The molecule has 2 amide bonds. The number of amides is 2.